The molecular weight excluding hydrogens is 302 g/mol. The molecule has 24 heavy (non-hydrogen) atoms. The van der Waals surface area contributed by atoms with E-state index in [-0.39, 0.29) is 0 Å². The highest BCUT2D eigenvalue weighted by atomic mass is 16.2. The van der Waals surface area contributed by atoms with Gasteiger partial charge in [-0.25, -0.2) is 0 Å². The van der Waals surface area contributed by atoms with Crippen molar-refractivity contribution in [2.24, 2.45) is 5.92 Å². The maximum Gasteiger partial charge on any atom is 0.222 e. The minimum absolute atomic E-state index is 0.329. The SMILES string of the molecule is CCNc1ccc(N2CCN(C(=O)CCC3CCCC3)CC2)nn1. The Morgan fingerprint density at radius 3 is 2.54 bits per heavy atom. The highest BCUT2D eigenvalue weighted by molar-refractivity contribution is 5.76. The van der Waals surface area contributed by atoms with E-state index in [1.54, 1.807) is 0 Å². The average Bonchev–Trinajstić information content (AvgIpc) is 3.14. The number of carbonyl (C=O) groups is 1. The molecule has 1 aromatic heterocycles. The lowest BCUT2D eigenvalue weighted by molar-refractivity contribution is -0.131. The van der Waals surface area contributed by atoms with Crippen LogP contribution in [0.25, 0.3) is 0 Å². The fraction of sp³-hybridized carbons (Fsp3) is 0.722. The predicted octanol–water partition coefficient (Wildman–Crippen LogP) is 2.53. The fourth-order valence-corrected chi connectivity index (χ4v) is 3.74. The van der Waals surface area contributed by atoms with Crippen molar-refractivity contribution in [3.63, 3.8) is 0 Å². The van der Waals surface area contributed by atoms with E-state index in [1.165, 1.54) is 25.7 Å². The standard InChI is InChI=1S/C18H29N5O/c1-2-19-16-8-9-17(21-20-16)22-11-13-23(14-12-22)18(24)10-7-15-5-3-4-6-15/h8-9,15H,2-7,10-14H2,1H3,(H,19,20). The molecule has 1 aliphatic heterocycles. The lowest BCUT2D eigenvalue weighted by Crippen LogP contribution is -2.49. The van der Waals surface area contributed by atoms with Gasteiger partial charge in [-0.1, -0.05) is 25.7 Å². The molecule has 1 aromatic rings. The van der Waals surface area contributed by atoms with Crippen molar-refractivity contribution in [1.29, 1.82) is 0 Å². The number of rotatable bonds is 6. The van der Waals surface area contributed by atoms with Crippen LogP contribution in [0, 0.1) is 5.92 Å². The van der Waals surface area contributed by atoms with Crippen LogP contribution in [0.3, 0.4) is 0 Å². The molecule has 2 fully saturated rings. The molecule has 0 atom stereocenters. The van der Waals surface area contributed by atoms with Gasteiger partial charge in [0.15, 0.2) is 5.82 Å². The van der Waals surface area contributed by atoms with Gasteiger partial charge in [0.1, 0.15) is 5.82 Å². The fourth-order valence-electron chi connectivity index (χ4n) is 3.74. The molecule has 0 unspecified atom stereocenters. The Labute approximate surface area is 144 Å². The van der Waals surface area contributed by atoms with Crippen LogP contribution in [0.15, 0.2) is 12.1 Å². The lowest BCUT2D eigenvalue weighted by Gasteiger charge is -2.35. The van der Waals surface area contributed by atoms with Crippen LogP contribution in [-0.2, 0) is 4.79 Å². The number of hydrogen-bond donors (Lipinski definition) is 1. The summed E-state index contributed by atoms with van der Waals surface area (Å²) in [5.74, 6) is 2.83. The topological polar surface area (TPSA) is 61.4 Å². The number of hydrogen-bond acceptors (Lipinski definition) is 5. The quantitative estimate of drug-likeness (QED) is 0.868. The number of carbonyl (C=O) groups excluding carboxylic acids is 1. The minimum Gasteiger partial charge on any atom is -0.369 e. The second-order valence-electron chi connectivity index (χ2n) is 6.86. The van der Waals surface area contributed by atoms with Crippen molar-refractivity contribution < 1.29 is 4.79 Å². The molecule has 1 saturated heterocycles. The van der Waals surface area contributed by atoms with Gasteiger partial charge < -0.3 is 15.1 Å². The van der Waals surface area contributed by atoms with Crippen molar-refractivity contribution in [2.45, 2.75) is 45.4 Å². The summed E-state index contributed by atoms with van der Waals surface area (Å²) in [6.45, 7) is 6.14. The molecule has 6 heteroatoms. The van der Waals surface area contributed by atoms with Crippen LogP contribution < -0.4 is 10.2 Å². The van der Waals surface area contributed by atoms with Crippen LogP contribution >= 0.6 is 0 Å². The van der Waals surface area contributed by atoms with E-state index in [1.807, 2.05) is 24.0 Å². The Morgan fingerprint density at radius 1 is 1.17 bits per heavy atom. The summed E-state index contributed by atoms with van der Waals surface area (Å²) >= 11 is 0. The number of piperazine rings is 1. The van der Waals surface area contributed by atoms with Crippen LogP contribution in [0.2, 0.25) is 0 Å². The molecule has 1 aliphatic carbocycles. The smallest absolute Gasteiger partial charge is 0.222 e. The van der Waals surface area contributed by atoms with Gasteiger partial charge in [0, 0.05) is 39.1 Å². The number of anilines is 2. The number of aromatic nitrogens is 2. The summed E-state index contributed by atoms with van der Waals surface area (Å²) in [6.07, 6.45) is 7.15. The van der Waals surface area contributed by atoms with E-state index in [0.29, 0.717) is 5.91 Å². The molecule has 3 rings (SSSR count). The van der Waals surface area contributed by atoms with E-state index >= 15 is 0 Å². The minimum atomic E-state index is 0.329. The Hall–Kier alpha value is -1.85. The highest BCUT2D eigenvalue weighted by Crippen LogP contribution is 2.28. The summed E-state index contributed by atoms with van der Waals surface area (Å²) in [5, 5.41) is 11.6. The zero-order valence-electron chi connectivity index (χ0n) is 14.7. The third kappa shape index (κ3) is 4.36. The lowest BCUT2D eigenvalue weighted by atomic mass is 10.0. The first-order chi connectivity index (χ1) is 11.8. The summed E-state index contributed by atoms with van der Waals surface area (Å²) in [6, 6.07) is 3.97. The number of amides is 1. The molecule has 0 radical (unpaired) electrons. The van der Waals surface area contributed by atoms with E-state index in [4.69, 9.17) is 0 Å². The van der Waals surface area contributed by atoms with Crippen LogP contribution in [0.4, 0.5) is 11.6 Å². The highest BCUT2D eigenvalue weighted by Gasteiger charge is 2.23. The van der Waals surface area contributed by atoms with Crippen LogP contribution in [0.1, 0.15) is 45.4 Å². The van der Waals surface area contributed by atoms with E-state index in [2.05, 4.69) is 20.4 Å². The molecule has 132 valence electrons. The predicted molar refractivity (Wildman–Crippen MR) is 96.2 cm³/mol. The summed E-state index contributed by atoms with van der Waals surface area (Å²) in [7, 11) is 0. The maximum atomic E-state index is 12.4. The molecule has 2 aliphatic rings. The van der Waals surface area contributed by atoms with Gasteiger partial charge in [-0.15, -0.1) is 10.2 Å². The first kappa shape index (κ1) is 17.0. The average molecular weight is 331 g/mol. The van der Waals surface area contributed by atoms with Gasteiger partial charge in [-0.2, -0.15) is 0 Å². The van der Waals surface area contributed by atoms with Gasteiger partial charge in [0.2, 0.25) is 5.91 Å². The Kier molecular flexibility index (Phi) is 5.88. The monoisotopic (exact) mass is 331 g/mol. The number of nitrogens with zero attached hydrogens (tertiary/aromatic N) is 4. The van der Waals surface area contributed by atoms with Gasteiger partial charge in [-0.3, -0.25) is 4.79 Å². The molecule has 0 aromatic carbocycles. The summed E-state index contributed by atoms with van der Waals surface area (Å²) in [5.41, 5.74) is 0. The first-order valence-corrected chi connectivity index (χ1v) is 9.36. The molecule has 1 N–H and O–H groups in total. The van der Waals surface area contributed by atoms with E-state index < -0.39 is 0 Å². The zero-order chi connectivity index (χ0) is 16.8. The van der Waals surface area contributed by atoms with Crippen molar-refractivity contribution in [1.82, 2.24) is 15.1 Å². The molecule has 1 amide bonds. The molecule has 0 spiro atoms. The zero-order valence-corrected chi connectivity index (χ0v) is 14.7. The Morgan fingerprint density at radius 2 is 1.92 bits per heavy atom. The second kappa shape index (κ2) is 8.31. The van der Waals surface area contributed by atoms with Gasteiger partial charge >= 0.3 is 0 Å². The van der Waals surface area contributed by atoms with Crippen molar-refractivity contribution in [2.75, 3.05) is 42.9 Å². The molecule has 2 heterocycles. The summed E-state index contributed by atoms with van der Waals surface area (Å²) in [4.78, 5) is 16.6. The second-order valence-corrected chi connectivity index (χ2v) is 6.86. The van der Waals surface area contributed by atoms with Crippen molar-refractivity contribution in [3.05, 3.63) is 12.1 Å². The normalized spacial score (nSPS) is 18.9. The van der Waals surface area contributed by atoms with E-state index in [9.17, 15) is 4.79 Å². The van der Waals surface area contributed by atoms with Gasteiger partial charge in [0.05, 0.1) is 0 Å². The summed E-state index contributed by atoms with van der Waals surface area (Å²) < 4.78 is 0. The number of nitrogens with one attached hydrogen (secondary N) is 1. The van der Waals surface area contributed by atoms with Gasteiger partial charge in [0.25, 0.3) is 0 Å². The van der Waals surface area contributed by atoms with Crippen LogP contribution in [-0.4, -0.2) is 53.7 Å². The first-order valence-electron chi connectivity index (χ1n) is 9.36. The van der Waals surface area contributed by atoms with Crippen molar-refractivity contribution >= 4 is 17.5 Å². The van der Waals surface area contributed by atoms with Crippen LogP contribution in [0.5, 0.6) is 0 Å². The third-order valence-electron chi connectivity index (χ3n) is 5.21. The van der Waals surface area contributed by atoms with Gasteiger partial charge in [-0.05, 0) is 31.4 Å². The molecular formula is C18H29N5O. The molecule has 0 bridgehead atoms. The Bertz CT molecular complexity index is 519. The maximum absolute atomic E-state index is 12.4. The molecule has 6 nitrogen and oxygen atoms in total. The van der Waals surface area contributed by atoms with E-state index in [0.717, 1.165) is 63.1 Å². The largest absolute Gasteiger partial charge is 0.369 e. The molecule has 1 saturated carbocycles. The van der Waals surface area contributed by atoms with Crippen molar-refractivity contribution in [3.8, 4) is 0 Å². The Balaban J connectivity index is 1.43. The third-order valence-corrected chi connectivity index (χ3v) is 5.21.